The Labute approximate surface area is 132 Å². The highest BCUT2D eigenvalue weighted by Crippen LogP contribution is 2.33. The van der Waals surface area contributed by atoms with Crippen LogP contribution in [0.2, 0.25) is 0 Å². The first-order valence-electron chi connectivity index (χ1n) is 7.87. The zero-order valence-corrected chi connectivity index (χ0v) is 14.2. The molecule has 2 nitrogen and oxygen atoms in total. The van der Waals surface area contributed by atoms with Gasteiger partial charge in [-0.25, -0.2) is 4.98 Å². The van der Waals surface area contributed by atoms with Crippen LogP contribution >= 0.6 is 11.3 Å². The van der Waals surface area contributed by atoms with E-state index in [0.717, 1.165) is 30.9 Å². The molecule has 0 radical (unpaired) electrons. The van der Waals surface area contributed by atoms with Gasteiger partial charge in [0.05, 0.1) is 5.01 Å². The number of nitrogens with one attached hydrogen (secondary N) is 1. The van der Waals surface area contributed by atoms with E-state index in [1.807, 2.05) is 17.5 Å². The molecule has 114 valence electrons. The highest BCUT2D eigenvalue weighted by molar-refractivity contribution is 7.11. The molecule has 2 rings (SSSR count). The Morgan fingerprint density at radius 1 is 1.19 bits per heavy atom. The van der Waals surface area contributed by atoms with Crippen LogP contribution in [0.1, 0.15) is 42.1 Å². The lowest BCUT2D eigenvalue weighted by molar-refractivity contribution is 0.380. The fraction of sp³-hybridized carbons (Fsp3) is 0.500. The van der Waals surface area contributed by atoms with Gasteiger partial charge in [-0.2, -0.15) is 0 Å². The molecule has 1 unspecified atom stereocenters. The normalized spacial score (nSPS) is 14.0. The Bertz CT molecular complexity index is 535. The topological polar surface area (TPSA) is 24.9 Å². The van der Waals surface area contributed by atoms with E-state index in [9.17, 15) is 0 Å². The van der Waals surface area contributed by atoms with Crippen molar-refractivity contribution in [1.29, 1.82) is 0 Å². The molecule has 0 spiro atoms. The van der Waals surface area contributed by atoms with Crippen LogP contribution in [-0.4, -0.2) is 18.1 Å². The molecule has 21 heavy (non-hydrogen) atoms. The second kappa shape index (κ2) is 7.71. The van der Waals surface area contributed by atoms with Crippen LogP contribution in [0.3, 0.4) is 0 Å². The fourth-order valence-electron chi connectivity index (χ4n) is 2.84. The van der Waals surface area contributed by atoms with Gasteiger partial charge in [0.25, 0.3) is 0 Å². The molecule has 1 N–H and O–H groups in total. The second-order valence-electron chi connectivity index (χ2n) is 5.70. The van der Waals surface area contributed by atoms with Crippen LogP contribution in [0.15, 0.2) is 36.5 Å². The number of nitrogens with zero attached hydrogens (tertiary/aromatic N) is 1. The lowest BCUT2D eigenvalue weighted by atomic mass is 9.75. The highest BCUT2D eigenvalue weighted by atomic mass is 32.1. The third-order valence-corrected chi connectivity index (χ3v) is 5.05. The first-order valence-corrected chi connectivity index (χ1v) is 8.69. The van der Waals surface area contributed by atoms with Gasteiger partial charge in [0.15, 0.2) is 0 Å². The predicted molar refractivity (Wildman–Crippen MR) is 92.1 cm³/mol. The molecule has 2 aromatic rings. The van der Waals surface area contributed by atoms with Crippen molar-refractivity contribution >= 4 is 11.3 Å². The minimum Gasteiger partial charge on any atom is -0.316 e. The van der Waals surface area contributed by atoms with Crippen molar-refractivity contribution in [2.24, 2.45) is 0 Å². The molecule has 0 amide bonds. The van der Waals surface area contributed by atoms with Crippen molar-refractivity contribution in [3.8, 4) is 0 Å². The van der Waals surface area contributed by atoms with Crippen molar-refractivity contribution in [1.82, 2.24) is 10.3 Å². The summed E-state index contributed by atoms with van der Waals surface area (Å²) in [6.45, 7) is 8.71. The monoisotopic (exact) mass is 302 g/mol. The number of aryl methyl sites for hydroxylation is 1. The number of aromatic nitrogens is 1. The molecule has 0 aliphatic heterocycles. The van der Waals surface area contributed by atoms with E-state index in [-0.39, 0.29) is 5.41 Å². The van der Waals surface area contributed by atoms with Gasteiger partial charge in [-0.3, -0.25) is 0 Å². The molecule has 0 bridgehead atoms. The van der Waals surface area contributed by atoms with Gasteiger partial charge in [0, 0.05) is 23.0 Å². The molecular formula is C18H26N2S. The van der Waals surface area contributed by atoms with Crippen molar-refractivity contribution in [3.63, 3.8) is 0 Å². The molecule has 0 fully saturated rings. The van der Waals surface area contributed by atoms with Crippen molar-refractivity contribution in [2.45, 2.75) is 45.4 Å². The second-order valence-corrected chi connectivity index (χ2v) is 7.02. The number of hydrogen-bond donors (Lipinski definition) is 1. The van der Waals surface area contributed by atoms with E-state index in [0.29, 0.717) is 0 Å². The fourth-order valence-corrected chi connectivity index (χ4v) is 3.78. The Morgan fingerprint density at radius 2 is 1.95 bits per heavy atom. The Kier molecular flexibility index (Phi) is 5.95. The number of thiazole rings is 1. The first-order chi connectivity index (χ1) is 10.2. The molecular weight excluding hydrogens is 276 g/mol. The van der Waals surface area contributed by atoms with Crippen molar-refractivity contribution < 1.29 is 0 Å². The maximum atomic E-state index is 4.42. The van der Waals surface area contributed by atoms with E-state index in [4.69, 9.17) is 0 Å². The van der Waals surface area contributed by atoms with Crippen LogP contribution in [0.5, 0.6) is 0 Å². The van der Waals surface area contributed by atoms with Gasteiger partial charge in [0.1, 0.15) is 0 Å². The average Bonchev–Trinajstić information content (AvgIpc) is 2.92. The quantitative estimate of drug-likeness (QED) is 0.734. The van der Waals surface area contributed by atoms with Crippen LogP contribution in [0.4, 0.5) is 0 Å². The van der Waals surface area contributed by atoms with Crippen LogP contribution in [0, 0.1) is 6.92 Å². The number of hydrogen-bond acceptors (Lipinski definition) is 3. The Balaban J connectivity index is 2.27. The summed E-state index contributed by atoms with van der Waals surface area (Å²) in [7, 11) is 0. The molecule has 0 aliphatic carbocycles. The van der Waals surface area contributed by atoms with Crippen LogP contribution in [-0.2, 0) is 11.8 Å². The molecule has 1 aromatic carbocycles. The summed E-state index contributed by atoms with van der Waals surface area (Å²) < 4.78 is 0. The molecule has 0 aliphatic rings. The van der Waals surface area contributed by atoms with Gasteiger partial charge in [0.2, 0.25) is 0 Å². The first kappa shape index (κ1) is 16.2. The van der Waals surface area contributed by atoms with Gasteiger partial charge < -0.3 is 5.32 Å². The van der Waals surface area contributed by atoms with Crippen molar-refractivity contribution in [2.75, 3.05) is 13.1 Å². The SMILES string of the molecule is CCCNCC(CC)(Cc1cnc(C)s1)c1ccccc1. The minimum absolute atomic E-state index is 0.162. The third-order valence-electron chi connectivity index (χ3n) is 4.13. The van der Waals surface area contributed by atoms with Gasteiger partial charge in [-0.1, -0.05) is 44.2 Å². The molecule has 1 atom stereocenters. The summed E-state index contributed by atoms with van der Waals surface area (Å²) in [5.41, 5.74) is 1.59. The van der Waals surface area contributed by atoms with E-state index in [1.54, 1.807) is 0 Å². The van der Waals surface area contributed by atoms with Gasteiger partial charge >= 0.3 is 0 Å². The number of benzene rings is 1. The molecule has 1 heterocycles. The largest absolute Gasteiger partial charge is 0.316 e. The predicted octanol–water partition coefficient (Wildman–Crippen LogP) is 4.34. The molecule has 3 heteroatoms. The van der Waals surface area contributed by atoms with E-state index in [2.05, 4.69) is 61.4 Å². The van der Waals surface area contributed by atoms with Crippen molar-refractivity contribution in [3.05, 3.63) is 52.0 Å². The summed E-state index contributed by atoms with van der Waals surface area (Å²) in [6.07, 6.45) is 5.42. The van der Waals surface area contributed by atoms with E-state index in [1.165, 1.54) is 16.9 Å². The number of rotatable bonds is 8. The zero-order valence-electron chi connectivity index (χ0n) is 13.4. The lowest BCUT2D eigenvalue weighted by Gasteiger charge is -2.33. The highest BCUT2D eigenvalue weighted by Gasteiger charge is 2.30. The van der Waals surface area contributed by atoms with Crippen LogP contribution < -0.4 is 5.32 Å². The lowest BCUT2D eigenvalue weighted by Crippen LogP contribution is -2.40. The molecule has 0 saturated carbocycles. The van der Waals surface area contributed by atoms with E-state index < -0.39 is 0 Å². The third kappa shape index (κ3) is 4.14. The summed E-state index contributed by atoms with van der Waals surface area (Å²) in [4.78, 5) is 5.81. The van der Waals surface area contributed by atoms with Gasteiger partial charge in [-0.15, -0.1) is 11.3 Å². The van der Waals surface area contributed by atoms with E-state index >= 15 is 0 Å². The zero-order chi connectivity index (χ0) is 15.1. The van der Waals surface area contributed by atoms with Crippen LogP contribution in [0.25, 0.3) is 0 Å². The maximum absolute atomic E-state index is 4.42. The van der Waals surface area contributed by atoms with Gasteiger partial charge in [-0.05, 0) is 38.3 Å². The Morgan fingerprint density at radius 3 is 2.52 bits per heavy atom. The minimum atomic E-state index is 0.162. The molecule has 0 saturated heterocycles. The maximum Gasteiger partial charge on any atom is 0.0896 e. The smallest absolute Gasteiger partial charge is 0.0896 e. The summed E-state index contributed by atoms with van der Waals surface area (Å²) in [5.74, 6) is 0. The average molecular weight is 302 g/mol. The summed E-state index contributed by atoms with van der Waals surface area (Å²) in [6, 6.07) is 10.9. The Hall–Kier alpha value is -1.19. The summed E-state index contributed by atoms with van der Waals surface area (Å²) in [5, 5.41) is 4.79. The standard InChI is InChI=1S/C18H26N2S/c1-4-11-19-14-18(5-2,16-9-7-6-8-10-16)12-17-13-20-15(3)21-17/h6-10,13,19H,4-5,11-12,14H2,1-3H3. The molecule has 1 aromatic heterocycles. The summed E-state index contributed by atoms with van der Waals surface area (Å²) >= 11 is 1.82.